The molecule has 1 aliphatic rings. The van der Waals surface area contributed by atoms with Gasteiger partial charge in [-0.1, -0.05) is 6.07 Å². The fourth-order valence-electron chi connectivity index (χ4n) is 2.34. The van der Waals surface area contributed by atoms with Crippen molar-refractivity contribution in [3.63, 3.8) is 0 Å². The van der Waals surface area contributed by atoms with Gasteiger partial charge in [0, 0.05) is 25.5 Å². The number of nitrogens with zero attached hydrogens (tertiary/aromatic N) is 3. The number of carbonyl (C=O) groups excluding carboxylic acids is 2. The predicted molar refractivity (Wildman–Crippen MR) is 86.4 cm³/mol. The Bertz CT molecular complexity index is 717. The van der Waals surface area contributed by atoms with Gasteiger partial charge in [0.25, 0.3) is 11.8 Å². The molecule has 0 radical (unpaired) electrons. The number of amides is 2. The zero-order chi connectivity index (χ0) is 16.8. The van der Waals surface area contributed by atoms with E-state index in [9.17, 15) is 9.59 Å². The summed E-state index contributed by atoms with van der Waals surface area (Å²) in [6.07, 6.45) is 3.14. The van der Waals surface area contributed by atoms with E-state index in [4.69, 9.17) is 4.74 Å². The summed E-state index contributed by atoms with van der Waals surface area (Å²) in [5.41, 5.74) is 5.37. The van der Waals surface area contributed by atoms with Gasteiger partial charge in [-0.15, -0.1) is 0 Å². The Labute approximate surface area is 138 Å². The number of hydrogen-bond donors (Lipinski definition) is 2. The van der Waals surface area contributed by atoms with Crippen LogP contribution < -0.4 is 15.8 Å². The number of hydrogen-bond acceptors (Lipinski definition) is 6. The molecule has 0 spiro atoms. The third kappa shape index (κ3) is 3.66. The largest absolute Gasteiger partial charge is 0.378 e. The monoisotopic (exact) mass is 327 g/mol. The first kappa shape index (κ1) is 15.9. The molecule has 0 bridgehead atoms. The molecule has 0 aliphatic carbocycles. The maximum Gasteiger partial charge on any atom is 0.288 e. The number of carbonyl (C=O) groups is 2. The van der Waals surface area contributed by atoms with Gasteiger partial charge in [0.15, 0.2) is 0 Å². The highest BCUT2D eigenvalue weighted by molar-refractivity contribution is 6.01. The van der Waals surface area contributed by atoms with E-state index < -0.39 is 11.8 Å². The Morgan fingerprint density at radius 3 is 2.46 bits per heavy atom. The Kier molecular flexibility index (Phi) is 4.97. The second kappa shape index (κ2) is 7.51. The van der Waals surface area contributed by atoms with E-state index in [0.29, 0.717) is 37.7 Å². The highest BCUT2D eigenvalue weighted by Crippen LogP contribution is 2.18. The second-order valence-electron chi connectivity index (χ2n) is 5.10. The third-order valence-electron chi connectivity index (χ3n) is 3.53. The van der Waals surface area contributed by atoms with Crippen LogP contribution in [-0.2, 0) is 4.74 Å². The van der Waals surface area contributed by atoms with Crippen LogP contribution in [0.1, 0.15) is 20.8 Å². The van der Waals surface area contributed by atoms with Gasteiger partial charge in [-0.3, -0.25) is 25.4 Å². The van der Waals surface area contributed by atoms with Crippen LogP contribution in [0, 0.1) is 0 Å². The maximum atomic E-state index is 12.4. The number of aromatic nitrogens is 2. The molecule has 2 amide bonds. The number of anilines is 1. The molecule has 1 saturated heterocycles. The van der Waals surface area contributed by atoms with Crippen molar-refractivity contribution in [2.45, 2.75) is 0 Å². The lowest BCUT2D eigenvalue weighted by atomic mass is 10.2. The number of morpholine rings is 1. The standard InChI is InChI=1S/C16H17N5O3/c22-15(19-20-16(23)13-5-1-2-6-17-13)12-4-3-7-18-14(12)21-8-10-24-11-9-21/h1-7H,8-11H2,(H,19,22)(H,20,23). The van der Waals surface area contributed by atoms with E-state index in [2.05, 4.69) is 20.8 Å². The molecule has 0 aromatic carbocycles. The number of hydrazine groups is 1. The summed E-state index contributed by atoms with van der Waals surface area (Å²) in [6, 6.07) is 8.31. The normalized spacial score (nSPS) is 14.1. The van der Waals surface area contributed by atoms with Crippen LogP contribution in [0.4, 0.5) is 5.82 Å². The summed E-state index contributed by atoms with van der Waals surface area (Å²) < 4.78 is 5.32. The van der Waals surface area contributed by atoms with Crippen LogP contribution in [0.5, 0.6) is 0 Å². The van der Waals surface area contributed by atoms with Crippen molar-refractivity contribution in [3.8, 4) is 0 Å². The van der Waals surface area contributed by atoms with Crippen molar-refractivity contribution >= 4 is 17.6 Å². The summed E-state index contributed by atoms with van der Waals surface area (Å²) in [6.45, 7) is 2.51. The van der Waals surface area contributed by atoms with E-state index >= 15 is 0 Å². The molecule has 0 atom stereocenters. The molecule has 3 heterocycles. The third-order valence-corrected chi connectivity index (χ3v) is 3.53. The summed E-state index contributed by atoms with van der Waals surface area (Å²) >= 11 is 0. The Morgan fingerprint density at radius 2 is 1.71 bits per heavy atom. The van der Waals surface area contributed by atoms with E-state index in [1.807, 2.05) is 4.90 Å². The summed E-state index contributed by atoms with van der Waals surface area (Å²) in [4.78, 5) is 34.5. The van der Waals surface area contributed by atoms with Crippen LogP contribution in [0.25, 0.3) is 0 Å². The van der Waals surface area contributed by atoms with Crippen molar-refractivity contribution in [3.05, 3.63) is 54.0 Å². The molecular weight excluding hydrogens is 310 g/mol. The predicted octanol–water partition coefficient (Wildman–Crippen LogP) is 0.388. The molecule has 2 N–H and O–H groups in total. The lowest BCUT2D eigenvalue weighted by Gasteiger charge is -2.29. The fraction of sp³-hybridized carbons (Fsp3) is 0.250. The highest BCUT2D eigenvalue weighted by Gasteiger charge is 2.20. The zero-order valence-electron chi connectivity index (χ0n) is 12.9. The lowest BCUT2D eigenvalue weighted by molar-refractivity contribution is 0.0843. The van der Waals surface area contributed by atoms with E-state index in [-0.39, 0.29) is 5.69 Å². The van der Waals surface area contributed by atoms with E-state index in [0.717, 1.165) is 0 Å². The number of pyridine rings is 2. The maximum absolute atomic E-state index is 12.4. The van der Waals surface area contributed by atoms with Gasteiger partial charge in [0.2, 0.25) is 0 Å². The summed E-state index contributed by atoms with van der Waals surface area (Å²) in [5, 5.41) is 0. The van der Waals surface area contributed by atoms with Gasteiger partial charge < -0.3 is 9.64 Å². The Hall–Kier alpha value is -3.00. The first-order valence-corrected chi connectivity index (χ1v) is 7.55. The fourth-order valence-corrected chi connectivity index (χ4v) is 2.34. The van der Waals surface area contributed by atoms with Gasteiger partial charge in [-0.25, -0.2) is 4.98 Å². The van der Waals surface area contributed by atoms with Crippen molar-refractivity contribution in [1.82, 2.24) is 20.8 Å². The summed E-state index contributed by atoms with van der Waals surface area (Å²) in [7, 11) is 0. The molecule has 124 valence electrons. The van der Waals surface area contributed by atoms with Crippen molar-refractivity contribution in [2.75, 3.05) is 31.2 Å². The van der Waals surface area contributed by atoms with Crippen LogP contribution in [0.15, 0.2) is 42.7 Å². The van der Waals surface area contributed by atoms with Gasteiger partial charge in [0.05, 0.1) is 18.8 Å². The van der Waals surface area contributed by atoms with Crippen molar-refractivity contribution in [1.29, 1.82) is 0 Å². The number of nitrogens with one attached hydrogen (secondary N) is 2. The van der Waals surface area contributed by atoms with Crippen molar-refractivity contribution in [2.24, 2.45) is 0 Å². The molecule has 3 rings (SSSR count). The number of ether oxygens (including phenoxy) is 1. The molecule has 8 heteroatoms. The second-order valence-corrected chi connectivity index (χ2v) is 5.10. The average Bonchev–Trinajstić information content (AvgIpc) is 2.67. The van der Waals surface area contributed by atoms with Gasteiger partial charge >= 0.3 is 0 Å². The van der Waals surface area contributed by atoms with Gasteiger partial charge in [-0.2, -0.15) is 0 Å². The SMILES string of the molecule is O=C(NNC(=O)c1cccnc1N1CCOCC1)c1ccccn1. The molecule has 0 unspecified atom stereocenters. The topological polar surface area (TPSA) is 96.5 Å². The Balaban J connectivity index is 1.68. The molecule has 1 fully saturated rings. The smallest absolute Gasteiger partial charge is 0.288 e. The van der Waals surface area contributed by atoms with Crippen molar-refractivity contribution < 1.29 is 14.3 Å². The summed E-state index contributed by atoms with van der Waals surface area (Å²) in [5.74, 6) is -0.347. The Morgan fingerprint density at radius 1 is 0.958 bits per heavy atom. The van der Waals surface area contributed by atoms with Crippen LogP contribution >= 0.6 is 0 Å². The molecular formula is C16H17N5O3. The molecule has 2 aromatic rings. The molecule has 24 heavy (non-hydrogen) atoms. The molecule has 1 aliphatic heterocycles. The molecule has 0 saturated carbocycles. The van der Waals surface area contributed by atoms with Gasteiger partial charge in [-0.05, 0) is 24.3 Å². The first-order valence-electron chi connectivity index (χ1n) is 7.55. The minimum atomic E-state index is -0.485. The minimum Gasteiger partial charge on any atom is -0.378 e. The first-order chi connectivity index (χ1) is 11.8. The minimum absolute atomic E-state index is 0.220. The average molecular weight is 327 g/mol. The van der Waals surface area contributed by atoms with E-state index in [1.54, 1.807) is 36.5 Å². The van der Waals surface area contributed by atoms with Gasteiger partial charge in [0.1, 0.15) is 11.5 Å². The van der Waals surface area contributed by atoms with Crippen LogP contribution in [-0.4, -0.2) is 48.1 Å². The van der Waals surface area contributed by atoms with Crippen LogP contribution in [0.2, 0.25) is 0 Å². The van der Waals surface area contributed by atoms with E-state index in [1.165, 1.54) is 6.20 Å². The number of rotatable bonds is 3. The molecule has 8 nitrogen and oxygen atoms in total. The van der Waals surface area contributed by atoms with Crippen LogP contribution in [0.3, 0.4) is 0 Å². The highest BCUT2D eigenvalue weighted by atomic mass is 16.5. The lowest BCUT2D eigenvalue weighted by Crippen LogP contribution is -2.43. The molecule has 2 aromatic heterocycles. The quantitative estimate of drug-likeness (QED) is 0.792. The zero-order valence-corrected chi connectivity index (χ0v) is 12.9.